The van der Waals surface area contributed by atoms with Gasteiger partial charge in [0.1, 0.15) is 5.75 Å². The molecule has 1 aromatic carbocycles. The van der Waals surface area contributed by atoms with E-state index in [4.69, 9.17) is 21.1 Å². The second-order valence-electron chi connectivity index (χ2n) is 4.43. The summed E-state index contributed by atoms with van der Waals surface area (Å²) in [6.07, 6.45) is 1.92. The summed E-state index contributed by atoms with van der Waals surface area (Å²) in [5.74, 6) is 1.35. The van der Waals surface area contributed by atoms with E-state index in [0.29, 0.717) is 16.3 Å². The van der Waals surface area contributed by atoms with Gasteiger partial charge >= 0.3 is 0 Å². The average Bonchev–Trinajstić information content (AvgIpc) is 3.09. The first kappa shape index (κ1) is 12.7. The standard InChI is InChI=1S/C13H17ClO3/c1-9(15)12-6-11(14)4-5-13(12)17-8-16-7-10-2-3-10/h4-6,9-10,15H,2-3,7-8H2,1H3. The Balaban J connectivity index is 1.89. The molecule has 1 unspecified atom stereocenters. The lowest BCUT2D eigenvalue weighted by atomic mass is 10.1. The molecule has 4 heteroatoms. The second-order valence-corrected chi connectivity index (χ2v) is 4.87. The lowest BCUT2D eigenvalue weighted by Crippen LogP contribution is -2.07. The van der Waals surface area contributed by atoms with E-state index in [9.17, 15) is 5.11 Å². The third kappa shape index (κ3) is 3.87. The normalized spacial score (nSPS) is 16.9. The predicted octanol–water partition coefficient (Wildman–Crippen LogP) is 3.16. The van der Waals surface area contributed by atoms with Gasteiger partial charge in [0.25, 0.3) is 0 Å². The van der Waals surface area contributed by atoms with Gasteiger partial charge in [-0.15, -0.1) is 0 Å². The molecule has 1 N–H and O–H groups in total. The Hall–Kier alpha value is -0.770. The summed E-state index contributed by atoms with van der Waals surface area (Å²) in [6, 6.07) is 5.21. The van der Waals surface area contributed by atoms with Crippen LogP contribution >= 0.6 is 11.6 Å². The van der Waals surface area contributed by atoms with Gasteiger partial charge in [0.2, 0.25) is 0 Å². The van der Waals surface area contributed by atoms with Crippen LogP contribution in [0.5, 0.6) is 5.75 Å². The molecule has 0 spiro atoms. The minimum absolute atomic E-state index is 0.220. The van der Waals surface area contributed by atoms with Gasteiger partial charge in [0, 0.05) is 10.6 Å². The van der Waals surface area contributed by atoms with Crippen molar-refractivity contribution in [3.63, 3.8) is 0 Å². The molecule has 0 aromatic heterocycles. The van der Waals surface area contributed by atoms with Crippen LogP contribution in [0, 0.1) is 5.92 Å². The van der Waals surface area contributed by atoms with Crippen LogP contribution in [-0.4, -0.2) is 18.5 Å². The van der Waals surface area contributed by atoms with Gasteiger partial charge in [-0.05, 0) is 43.9 Å². The first-order valence-corrected chi connectivity index (χ1v) is 6.22. The topological polar surface area (TPSA) is 38.7 Å². The quantitative estimate of drug-likeness (QED) is 0.628. The number of aliphatic hydroxyl groups excluding tert-OH is 1. The van der Waals surface area contributed by atoms with Crippen molar-refractivity contribution >= 4 is 11.6 Å². The molecule has 94 valence electrons. The Bertz CT molecular complexity index is 375. The zero-order valence-corrected chi connectivity index (χ0v) is 10.6. The molecule has 17 heavy (non-hydrogen) atoms. The highest BCUT2D eigenvalue weighted by Crippen LogP contribution is 2.30. The van der Waals surface area contributed by atoms with Gasteiger partial charge in [-0.2, -0.15) is 0 Å². The molecule has 1 fully saturated rings. The summed E-state index contributed by atoms with van der Waals surface area (Å²) in [6.45, 7) is 2.67. The molecule has 1 saturated carbocycles. The van der Waals surface area contributed by atoms with Gasteiger partial charge in [0.05, 0.1) is 12.7 Å². The Morgan fingerprint density at radius 1 is 1.47 bits per heavy atom. The van der Waals surface area contributed by atoms with Crippen molar-refractivity contribution in [3.8, 4) is 5.75 Å². The van der Waals surface area contributed by atoms with E-state index in [2.05, 4.69) is 0 Å². The highest BCUT2D eigenvalue weighted by Gasteiger charge is 2.21. The zero-order valence-electron chi connectivity index (χ0n) is 9.86. The molecule has 1 aromatic rings. The maximum Gasteiger partial charge on any atom is 0.189 e. The molecule has 1 atom stereocenters. The van der Waals surface area contributed by atoms with E-state index in [-0.39, 0.29) is 6.79 Å². The van der Waals surface area contributed by atoms with E-state index in [0.717, 1.165) is 12.5 Å². The predicted molar refractivity (Wildman–Crippen MR) is 66.3 cm³/mol. The van der Waals surface area contributed by atoms with Gasteiger partial charge in [-0.25, -0.2) is 0 Å². The van der Waals surface area contributed by atoms with Crippen molar-refractivity contribution in [2.45, 2.75) is 25.9 Å². The minimum atomic E-state index is -0.605. The number of benzene rings is 1. The number of ether oxygens (including phenoxy) is 2. The van der Waals surface area contributed by atoms with Crippen LogP contribution in [0.4, 0.5) is 0 Å². The summed E-state index contributed by atoms with van der Waals surface area (Å²) in [7, 11) is 0. The van der Waals surface area contributed by atoms with Crippen molar-refractivity contribution in [2.24, 2.45) is 5.92 Å². The van der Waals surface area contributed by atoms with Crippen molar-refractivity contribution in [1.82, 2.24) is 0 Å². The van der Waals surface area contributed by atoms with Crippen molar-refractivity contribution < 1.29 is 14.6 Å². The average molecular weight is 257 g/mol. The molecule has 1 aliphatic carbocycles. The number of hydrogen-bond acceptors (Lipinski definition) is 3. The lowest BCUT2D eigenvalue weighted by molar-refractivity contribution is 0.00831. The molecule has 0 aliphatic heterocycles. The number of halogens is 1. The van der Waals surface area contributed by atoms with E-state index in [1.165, 1.54) is 12.8 Å². The Morgan fingerprint density at radius 2 is 2.24 bits per heavy atom. The molecule has 0 bridgehead atoms. The first-order valence-electron chi connectivity index (χ1n) is 5.85. The molecule has 0 radical (unpaired) electrons. The van der Waals surface area contributed by atoms with Crippen molar-refractivity contribution in [2.75, 3.05) is 13.4 Å². The molecular weight excluding hydrogens is 240 g/mol. The number of rotatable bonds is 6. The van der Waals surface area contributed by atoms with Crippen LogP contribution in [0.25, 0.3) is 0 Å². The van der Waals surface area contributed by atoms with Gasteiger partial charge < -0.3 is 14.6 Å². The molecule has 1 aliphatic rings. The lowest BCUT2D eigenvalue weighted by Gasteiger charge is -2.13. The summed E-state index contributed by atoms with van der Waals surface area (Å²) >= 11 is 5.87. The van der Waals surface area contributed by atoms with Crippen molar-refractivity contribution in [1.29, 1.82) is 0 Å². The highest BCUT2D eigenvalue weighted by atomic mass is 35.5. The fraction of sp³-hybridized carbons (Fsp3) is 0.538. The molecular formula is C13H17ClO3. The smallest absolute Gasteiger partial charge is 0.189 e. The summed E-state index contributed by atoms with van der Waals surface area (Å²) < 4.78 is 10.9. The van der Waals surface area contributed by atoms with Crippen LogP contribution in [0.2, 0.25) is 5.02 Å². The van der Waals surface area contributed by atoms with Crippen LogP contribution < -0.4 is 4.74 Å². The van der Waals surface area contributed by atoms with Gasteiger partial charge in [-0.1, -0.05) is 11.6 Å². The SMILES string of the molecule is CC(O)c1cc(Cl)ccc1OCOCC1CC1. The second kappa shape index (κ2) is 5.71. The molecule has 0 heterocycles. The Morgan fingerprint density at radius 3 is 2.88 bits per heavy atom. The molecule has 0 amide bonds. The molecule has 0 saturated heterocycles. The molecule has 3 nitrogen and oxygen atoms in total. The van der Waals surface area contributed by atoms with E-state index < -0.39 is 6.10 Å². The summed E-state index contributed by atoms with van der Waals surface area (Å²) in [5, 5.41) is 10.2. The van der Waals surface area contributed by atoms with Crippen molar-refractivity contribution in [3.05, 3.63) is 28.8 Å². The number of aliphatic hydroxyl groups is 1. The van der Waals surface area contributed by atoms with E-state index in [1.54, 1.807) is 25.1 Å². The van der Waals surface area contributed by atoms with Crippen LogP contribution in [-0.2, 0) is 4.74 Å². The largest absolute Gasteiger partial charge is 0.467 e. The Kier molecular flexibility index (Phi) is 4.26. The minimum Gasteiger partial charge on any atom is -0.467 e. The monoisotopic (exact) mass is 256 g/mol. The first-order chi connectivity index (χ1) is 8.16. The third-order valence-corrected chi connectivity index (χ3v) is 3.01. The van der Waals surface area contributed by atoms with Gasteiger partial charge in [0.15, 0.2) is 6.79 Å². The Labute approximate surface area is 106 Å². The van der Waals surface area contributed by atoms with Gasteiger partial charge in [-0.3, -0.25) is 0 Å². The van der Waals surface area contributed by atoms with Crippen LogP contribution in [0.15, 0.2) is 18.2 Å². The highest BCUT2D eigenvalue weighted by molar-refractivity contribution is 6.30. The van der Waals surface area contributed by atoms with Crippen LogP contribution in [0.1, 0.15) is 31.4 Å². The zero-order chi connectivity index (χ0) is 12.3. The molecule has 2 rings (SSSR count). The van der Waals surface area contributed by atoms with E-state index >= 15 is 0 Å². The fourth-order valence-corrected chi connectivity index (χ4v) is 1.76. The maximum absolute atomic E-state index is 9.60. The van der Waals surface area contributed by atoms with E-state index in [1.807, 2.05) is 0 Å². The van der Waals surface area contributed by atoms with Crippen LogP contribution in [0.3, 0.4) is 0 Å². The third-order valence-electron chi connectivity index (χ3n) is 2.77. The maximum atomic E-state index is 9.60. The fourth-order valence-electron chi connectivity index (χ4n) is 1.58. The summed E-state index contributed by atoms with van der Waals surface area (Å²) in [5.41, 5.74) is 0.688. The summed E-state index contributed by atoms with van der Waals surface area (Å²) in [4.78, 5) is 0. The number of hydrogen-bond donors (Lipinski definition) is 1.